The van der Waals surface area contributed by atoms with E-state index in [1.807, 2.05) is 54.3 Å². The van der Waals surface area contributed by atoms with Crippen molar-refractivity contribution in [1.29, 1.82) is 0 Å². The molecule has 0 radical (unpaired) electrons. The van der Waals surface area contributed by atoms with E-state index in [-0.39, 0.29) is 29.6 Å². The van der Waals surface area contributed by atoms with Crippen LogP contribution < -0.4 is 16.0 Å². The Morgan fingerprint density at radius 2 is 1.44 bits per heavy atom. The molecule has 2 saturated heterocycles. The van der Waals surface area contributed by atoms with Crippen molar-refractivity contribution in [3.63, 3.8) is 0 Å². The lowest BCUT2D eigenvalue weighted by Gasteiger charge is -2.39. The highest BCUT2D eigenvalue weighted by atomic mass is 16.5. The van der Waals surface area contributed by atoms with Crippen LogP contribution in [0.1, 0.15) is 73.6 Å². The minimum Gasteiger partial charge on any atom is -0.465 e. The Hall–Kier alpha value is -5.12. The SMILES string of the molecule is COC(=O)c1ccc(NC(=O)N2C3CCC2CC(Cc2ccc(NC(=O)Nc4cc(C(C)(C)C)nn4-c4ccc(C)cc4)cc2)C3)cc1. The second-order valence-corrected chi connectivity index (χ2v) is 14.0. The number of ether oxygens (including phenoxy) is 1. The van der Waals surface area contributed by atoms with Gasteiger partial charge >= 0.3 is 18.0 Å². The lowest BCUT2D eigenvalue weighted by Crippen LogP contribution is -2.48. The highest BCUT2D eigenvalue weighted by Gasteiger charge is 2.43. The minimum atomic E-state index is -0.405. The van der Waals surface area contributed by atoms with Crippen molar-refractivity contribution in [2.75, 3.05) is 23.1 Å². The molecule has 2 bridgehead atoms. The Morgan fingerprint density at radius 3 is 2.04 bits per heavy atom. The van der Waals surface area contributed by atoms with Gasteiger partial charge < -0.3 is 20.3 Å². The van der Waals surface area contributed by atoms with Gasteiger partial charge in [-0.15, -0.1) is 0 Å². The van der Waals surface area contributed by atoms with Crippen LogP contribution >= 0.6 is 0 Å². The molecule has 3 aromatic carbocycles. The van der Waals surface area contributed by atoms with Crippen LogP contribution in [0.15, 0.2) is 78.9 Å². The predicted octanol–water partition coefficient (Wildman–Crippen LogP) is 7.93. The van der Waals surface area contributed by atoms with Gasteiger partial charge in [-0.3, -0.25) is 5.32 Å². The third kappa shape index (κ3) is 7.38. The molecule has 4 amide bonds. The molecular weight excluding hydrogens is 604 g/mol. The zero-order valence-corrected chi connectivity index (χ0v) is 28.2. The summed E-state index contributed by atoms with van der Waals surface area (Å²) in [5.74, 6) is 0.675. The molecule has 250 valence electrons. The average molecular weight is 649 g/mol. The summed E-state index contributed by atoms with van der Waals surface area (Å²) in [6.07, 6.45) is 4.86. The van der Waals surface area contributed by atoms with Crippen LogP contribution in [0.25, 0.3) is 5.69 Å². The third-order valence-electron chi connectivity index (χ3n) is 9.36. The van der Waals surface area contributed by atoms with E-state index in [2.05, 4.69) is 48.9 Å². The van der Waals surface area contributed by atoms with E-state index in [0.717, 1.165) is 49.0 Å². The van der Waals surface area contributed by atoms with E-state index < -0.39 is 5.97 Å². The van der Waals surface area contributed by atoms with Crippen molar-refractivity contribution in [3.05, 3.63) is 101 Å². The summed E-state index contributed by atoms with van der Waals surface area (Å²) in [5.41, 5.74) is 5.75. The molecule has 2 aliphatic heterocycles. The maximum Gasteiger partial charge on any atom is 0.337 e. The smallest absolute Gasteiger partial charge is 0.337 e. The molecule has 10 heteroatoms. The number of aryl methyl sites for hydroxylation is 1. The first-order valence-electron chi connectivity index (χ1n) is 16.6. The number of fused-ring (bicyclic) bond motifs is 2. The molecule has 0 aliphatic carbocycles. The van der Waals surface area contributed by atoms with E-state index in [1.54, 1.807) is 28.9 Å². The van der Waals surface area contributed by atoms with Crippen LogP contribution in [0.5, 0.6) is 0 Å². The molecule has 3 N–H and O–H groups in total. The van der Waals surface area contributed by atoms with Gasteiger partial charge in [-0.1, -0.05) is 50.6 Å². The fourth-order valence-electron chi connectivity index (χ4n) is 6.84. The van der Waals surface area contributed by atoms with Crippen LogP contribution in [0, 0.1) is 12.8 Å². The van der Waals surface area contributed by atoms with Crippen LogP contribution in [-0.4, -0.2) is 51.9 Å². The highest BCUT2D eigenvalue weighted by Crippen LogP contribution is 2.40. The number of benzene rings is 3. The van der Waals surface area contributed by atoms with E-state index in [1.165, 1.54) is 12.7 Å². The van der Waals surface area contributed by atoms with Gasteiger partial charge in [-0.25, -0.2) is 19.1 Å². The number of nitrogens with zero attached hydrogens (tertiary/aromatic N) is 3. The number of anilines is 3. The number of methoxy groups -OCH3 is 1. The number of esters is 1. The van der Waals surface area contributed by atoms with Crippen LogP contribution in [0.2, 0.25) is 0 Å². The lowest BCUT2D eigenvalue weighted by molar-refractivity contribution is 0.0600. The summed E-state index contributed by atoms with van der Waals surface area (Å²) in [5, 5.41) is 13.8. The number of urea groups is 2. The first kappa shape index (κ1) is 32.8. The van der Waals surface area contributed by atoms with Crippen LogP contribution in [0.3, 0.4) is 0 Å². The maximum atomic E-state index is 13.2. The average Bonchev–Trinajstić information content (AvgIpc) is 3.60. The highest BCUT2D eigenvalue weighted by molar-refractivity contribution is 5.99. The van der Waals surface area contributed by atoms with E-state index in [9.17, 15) is 14.4 Å². The molecule has 48 heavy (non-hydrogen) atoms. The maximum absolute atomic E-state index is 13.2. The fraction of sp³-hybridized carbons (Fsp3) is 0.368. The van der Waals surface area contributed by atoms with Crippen LogP contribution in [-0.2, 0) is 16.6 Å². The molecule has 10 nitrogen and oxygen atoms in total. The van der Waals surface area contributed by atoms with Crippen molar-refractivity contribution in [2.45, 2.75) is 77.3 Å². The Labute approximate surface area is 281 Å². The monoisotopic (exact) mass is 648 g/mol. The third-order valence-corrected chi connectivity index (χ3v) is 9.36. The topological polar surface area (TPSA) is 118 Å². The van der Waals surface area contributed by atoms with Gasteiger partial charge in [0.2, 0.25) is 0 Å². The largest absolute Gasteiger partial charge is 0.465 e. The number of carbonyl (C=O) groups excluding carboxylic acids is 3. The summed E-state index contributed by atoms with van der Waals surface area (Å²) in [6, 6.07) is 24.8. The molecule has 2 aliphatic rings. The zero-order valence-electron chi connectivity index (χ0n) is 28.2. The number of nitrogens with one attached hydrogen (secondary N) is 3. The van der Waals surface area contributed by atoms with Gasteiger partial charge in [-0.05, 0) is 99.0 Å². The number of hydrogen-bond donors (Lipinski definition) is 3. The number of amides is 4. The fourth-order valence-corrected chi connectivity index (χ4v) is 6.84. The Balaban J connectivity index is 1.03. The van der Waals surface area contributed by atoms with Gasteiger partial charge in [0, 0.05) is 34.9 Å². The normalized spacial score (nSPS) is 18.7. The van der Waals surface area contributed by atoms with E-state index >= 15 is 0 Å². The summed E-state index contributed by atoms with van der Waals surface area (Å²) in [4.78, 5) is 40.1. The first-order chi connectivity index (χ1) is 23.0. The zero-order chi connectivity index (χ0) is 34.0. The van der Waals surface area contributed by atoms with Gasteiger partial charge in [0.15, 0.2) is 0 Å². The Morgan fingerprint density at radius 1 is 0.833 bits per heavy atom. The number of rotatable bonds is 7. The summed E-state index contributed by atoms with van der Waals surface area (Å²) >= 11 is 0. The standard InChI is InChI=1S/C38H44N6O4/c1-24-6-16-30(17-7-24)44-34(23-33(42-44)38(2,3)4)41-36(46)39-28-12-8-25(9-13-28)20-26-21-31-18-19-32(22-26)43(31)37(47)40-29-14-10-27(11-15-29)35(45)48-5/h6-17,23,26,31-32H,18-22H2,1-5H3,(H,40,47)(H2,39,41,46). The van der Waals surface area contributed by atoms with Gasteiger partial charge in [0.05, 0.1) is 24.1 Å². The van der Waals surface area contributed by atoms with Crippen molar-refractivity contribution >= 4 is 35.2 Å². The molecule has 0 saturated carbocycles. The summed E-state index contributed by atoms with van der Waals surface area (Å²) in [7, 11) is 1.35. The second-order valence-electron chi connectivity index (χ2n) is 14.0. The summed E-state index contributed by atoms with van der Waals surface area (Å²) < 4.78 is 6.53. The number of hydrogen-bond acceptors (Lipinski definition) is 5. The molecular formula is C38H44N6O4. The molecule has 4 aromatic rings. The number of carbonyl (C=O) groups is 3. The molecule has 2 atom stereocenters. The Kier molecular flexibility index (Phi) is 9.26. The molecule has 2 fully saturated rings. The molecule has 6 rings (SSSR count). The van der Waals surface area contributed by atoms with E-state index in [4.69, 9.17) is 9.84 Å². The van der Waals surface area contributed by atoms with Gasteiger partial charge in [0.1, 0.15) is 5.82 Å². The Bertz CT molecular complexity index is 1760. The minimum absolute atomic E-state index is 0.0861. The number of piperidine rings is 1. The summed E-state index contributed by atoms with van der Waals surface area (Å²) in [6.45, 7) is 8.34. The van der Waals surface area contributed by atoms with E-state index in [0.29, 0.717) is 28.7 Å². The number of aromatic nitrogens is 2. The van der Waals surface area contributed by atoms with Gasteiger partial charge in [0.25, 0.3) is 0 Å². The van der Waals surface area contributed by atoms with Crippen molar-refractivity contribution in [3.8, 4) is 5.69 Å². The lowest BCUT2D eigenvalue weighted by atomic mass is 9.86. The first-order valence-corrected chi connectivity index (χ1v) is 16.6. The van der Waals surface area contributed by atoms with Crippen LogP contribution in [0.4, 0.5) is 26.8 Å². The van der Waals surface area contributed by atoms with Crippen molar-refractivity contribution < 1.29 is 19.1 Å². The molecule has 2 unspecified atom stereocenters. The van der Waals surface area contributed by atoms with Crippen molar-refractivity contribution in [2.24, 2.45) is 5.92 Å². The van der Waals surface area contributed by atoms with Gasteiger partial charge in [-0.2, -0.15) is 5.10 Å². The molecule has 1 aromatic heterocycles. The molecule has 0 spiro atoms. The quantitative estimate of drug-likeness (QED) is 0.176. The molecule has 3 heterocycles. The second kappa shape index (κ2) is 13.5. The predicted molar refractivity (Wildman–Crippen MR) is 188 cm³/mol. The van der Waals surface area contributed by atoms with Crippen molar-refractivity contribution in [1.82, 2.24) is 14.7 Å².